The van der Waals surface area contributed by atoms with Gasteiger partial charge in [-0.1, -0.05) is 0 Å². The normalized spacial score (nSPS) is 10.2. The molecule has 128 valence electrons. The fraction of sp³-hybridized carbons (Fsp3) is 0.500. The van der Waals surface area contributed by atoms with E-state index < -0.39 is 16.6 Å². The maximum absolute atomic E-state index is 11.9. The molecular weight excluding hydrogens is 310 g/mol. The third-order valence-corrected chi connectivity index (χ3v) is 2.65. The molecule has 0 bridgehead atoms. The summed E-state index contributed by atoms with van der Waals surface area (Å²) >= 11 is 0. The maximum Gasteiger partial charge on any atom is 0.345 e. The Kier molecular flexibility index (Phi) is 7.78. The number of aliphatic hydroxyl groups is 1. The summed E-state index contributed by atoms with van der Waals surface area (Å²) in [5.41, 5.74) is -0.698. The van der Waals surface area contributed by atoms with Crippen LogP contribution < -0.4 is 9.47 Å². The van der Waals surface area contributed by atoms with Gasteiger partial charge in [-0.05, 0) is 6.92 Å². The molecule has 9 nitrogen and oxygen atoms in total. The van der Waals surface area contributed by atoms with Crippen LogP contribution in [0.25, 0.3) is 0 Å². The molecule has 23 heavy (non-hydrogen) atoms. The van der Waals surface area contributed by atoms with E-state index in [2.05, 4.69) is 0 Å². The molecule has 0 aliphatic heterocycles. The average molecular weight is 329 g/mol. The Morgan fingerprint density at radius 1 is 1.22 bits per heavy atom. The predicted octanol–water partition coefficient (Wildman–Crippen LogP) is 1.17. The first-order valence-electron chi connectivity index (χ1n) is 6.90. The fourth-order valence-electron chi connectivity index (χ4n) is 1.69. The quantitative estimate of drug-likeness (QED) is 0.294. The number of ether oxygens (including phenoxy) is 4. The van der Waals surface area contributed by atoms with Crippen molar-refractivity contribution < 1.29 is 33.8 Å². The molecule has 0 aromatic heterocycles. The number of aliphatic hydroxyl groups excluding tert-OH is 1. The van der Waals surface area contributed by atoms with E-state index in [-0.39, 0.29) is 50.1 Å². The second-order valence-corrected chi connectivity index (χ2v) is 4.21. The smallest absolute Gasteiger partial charge is 0.345 e. The molecule has 0 aliphatic rings. The molecule has 1 rings (SSSR count). The van der Waals surface area contributed by atoms with E-state index in [9.17, 15) is 14.9 Å². The van der Waals surface area contributed by atoms with Crippen LogP contribution in [-0.2, 0) is 9.47 Å². The Bertz CT molecular complexity index is 546. The van der Waals surface area contributed by atoms with Crippen LogP contribution >= 0.6 is 0 Å². The monoisotopic (exact) mass is 329 g/mol. The molecule has 0 saturated carbocycles. The van der Waals surface area contributed by atoms with Gasteiger partial charge in [-0.15, -0.1) is 0 Å². The van der Waals surface area contributed by atoms with Gasteiger partial charge in [-0.2, -0.15) is 0 Å². The molecule has 0 amide bonds. The summed E-state index contributed by atoms with van der Waals surface area (Å²) in [6, 6.07) is 2.27. The molecule has 1 N–H and O–H groups in total. The van der Waals surface area contributed by atoms with Crippen molar-refractivity contribution in [2.45, 2.75) is 6.92 Å². The molecule has 0 aliphatic carbocycles. The third-order valence-electron chi connectivity index (χ3n) is 2.65. The number of carbonyl (C=O) groups is 1. The Labute approximate surface area is 132 Å². The minimum absolute atomic E-state index is 0.0508. The van der Waals surface area contributed by atoms with Crippen molar-refractivity contribution in [2.24, 2.45) is 0 Å². The van der Waals surface area contributed by atoms with Gasteiger partial charge < -0.3 is 24.1 Å². The van der Waals surface area contributed by atoms with Crippen LogP contribution in [0.15, 0.2) is 12.1 Å². The lowest BCUT2D eigenvalue weighted by molar-refractivity contribution is -0.385. The van der Waals surface area contributed by atoms with Crippen molar-refractivity contribution >= 4 is 11.7 Å². The van der Waals surface area contributed by atoms with Crippen LogP contribution in [0.1, 0.15) is 17.3 Å². The first-order chi connectivity index (χ1) is 11.0. The van der Waals surface area contributed by atoms with Gasteiger partial charge in [-0.25, -0.2) is 4.79 Å². The molecule has 0 spiro atoms. The highest BCUT2D eigenvalue weighted by Gasteiger charge is 2.26. The summed E-state index contributed by atoms with van der Waals surface area (Å²) in [7, 11) is 1.49. The van der Waals surface area contributed by atoms with Crippen molar-refractivity contribution in [1.29, 1.82) is 0 Å². The highest BCUT2D eigenvalue weighted by atomic mass is 16.6. The zero-order valence-electron chi connectivity index (χ0n) is 12.9. The summed E-state index contributed by atoms with van der Waals surface area (Å²) < 4.78 is 20.3. The zero-order valence-corrected chi connectivity index (χ0v) is 12.9. The average Bonchev–Trinajstić information content (AvgIpc) is 2.53. The van der Waals surface area contributed by atoms with Crippen LogP contribution in [0.5, 0.6) is 11.5 Å². The Morgan fingerprint density at radius 3 is 2.43 bits per heavy atom. The standard InChI is InChI=1S/C14H19NO8/c1-3-21-14(17)10-8-12(23-7-6-20-2)13(22-5-4-16)9-11(10)15(18)19/h8-9,16H,3-7H2,1-2H3. The molecule has 0 saturated heterocycles. The second-order valence-electron chi connectivity index (χ2n) is 4.21. The summed E-state index contributed by atoms with van der Waals surface area (Å²) in [5.74, 6) is -0.649. The molecule has 1 aromatic carbocycles. The van der Waals surface area contributed by atoms with Crippen LogP contribution in [0.3, 0.4) is 0 Å². The van der Waals surface area contributed by atoms with Crippen LogP contribution in [0.4, 0.5) is 5.69 Å². The van der Waals surface area contributed by atoms with Crippen LogP contribution in [-0.4, -0.2) is 56.1 Å². The number of nitro benzene ring substituents is 1. The van der Waals surface area contributed by atoms with E-state index in [0.29, 0.717) is 0 Å². The molecule has 9 heteroatoms. The van der Waals surface area contributed by atoms with Crippen LogP contribution in [0, 0.1) is 10.1 Å². The maximum atomic E-state index is 11.9. The number of carbonyl (C=O) groups excluding carboxylic acids is 1. The lowest BCUT2D eigenvalue weighted by Crippen LogP contribution is -2.12. The number of hydrogen-bond acceptors (Lipinski definition) is 8. The van der Waals surface area contributed by atoms with Crippen molar-refractivity contribution in [3.63, 3.8) is 0 Å². The molecule has 0 radical (unpaired) electrons. The first kappa shape index (κ1) is 18.7. The van der Waals surface area contributed by atoms with Gasteiger partial charge in [0.2, 0.25) is 0 Å². The number of rotatable bonds is 10. The Morgan fingerprint density at radius 2 is 1.87 bits per heavy atom. The fourth-order valence-corrected chi connectivity index (χ4v) is 1.69. The summed E-state index contributed by atoms with van der Waals surface area (Å²) in [6.07, 6.45) is 0. The third kappa shape index (κ3) is 5.38. The van der Waals surface area contributed by atoms with Gasteiger partial charge >= 0.3 is 5.97 Å². The largest absolute Gasteiger partial charge is 0.487 e. The van der Waals surface area contributed by atoms with E-state index in [4.69, 9.17) is 24.1 Å². The van der Waals surface area contributed by atoms with E-state index >= 15 is 0 Å². The molecular formula is C14H19NO8. The van der Waals surface area contributed by atoms with Crippen molar-refractivity contribution in [3.8, 4) is 11.5 Å². The number of hydrogen-bond donors (Lipinski definition) is 1. The number of nitro groups is 1. The number of methoxy groups -OCH3 is 1. The predicted molar refractivity (Wildman–Crippen MR) is 79.0 cm³/mol. The summed E-state index contributed by atoms with van der Waals surface area (Å²) in [4.78, 5) is 22.3. The Hall–Kier alpha value is -2.39. The first-order valence-corrected chi connectivity index (χ1v) is 6.90. The molecule has 0 unspecified atom stereocenters. The van der Waals surface area contributed by atoms with Crippen molar-refractivity contribution in [1.82, 2.24) is 0 Å². The minimum Gasteiger partial charge on any atom is -0.487 e. The van der Waals surface area contributed by atoms with E-state index in [1.165, 1.54) is 13.2 Å². The molecule has 0 atom stereocenters. The zero-order chi connectivity index (χ0) is 17.2. The lowest BCUT2D eigenvalue weighted by Gasteiger charge is -2.13. The lowest BCUT2D eigenvalue weighted by atomic mass is 10.1. The summed E-state index contributed by atoms with van der Waals surface area (Å²) in [5, 5.41) is 20.0. The molecule has 0 heterocycles. The summed E-state index contributed by atoms with van der Waals surface area (Å²) in [6.45, 7) is 1.77. The number of esters is 1. The van der Waals surface area contributed by atoms with Gasteiger partial charge in [0.25, 0.3) is 5.69 Å². The Balaban J connectivity index is 3.24. The number of nitrogens with zero attached hydrogens (tertiary/aromatic N) is 1. The number of benzene rings is 1. The van der Waals surface area contributed by atoms with E-state index in [1.54, 1.807) is 6.92 Å². The second kappa shape index (κ2) is 9.59. The highest BCUT2D eigenvalue weighted by Crippen LogP contribution is 2.35. The van der Waals surface area contributed by atoms with Crippen molar-refractivity contribution in [3.05, 3.63) is 27.8 Å². The van der Waals surface area contributed by atoms with Crippen LogP contribution in [0.2, 0.25) is 0 Å². The van der Waals surface area contributed by atoms with Gasteiger partial charge in [-0.3, -0.25) is 10.1 Å². The van der Waals surface area contributed by atoms with E-state index in [1.807, 2.05) is 0 Å². The van der Waals surface area contributed by atoms with Gasteiger partial charge in [0.1, 0.15) is 18.8 Å². The molecule has 1 aromatic rings. The van der Waals surface area contributed by atoms with E-state index in [0.717, 1.165) is 6.07 Å². The minimum atomic E-state index is -0.829. The van der Waals surface area contributed by atoms with Crippen molar-refractivity contribution in [2.75, 3.05) is 40.1 Å². The molecule has 0 fully saturated rings. The van der Waals surface area contributed by atoms with Gasteiger partial charge in [0.05, 0.1) is 30.8 Å². The topological polar surface area (TPSA) is 117 Å². The van der Waals surface area contributed by atoms with Gasteiger partial charge in [0.15, 0.2) is 11.5 Å². The SMILES string of the molecule is CCOC(=O)c1cc(OCCOC)c(OCCO)cc1[N+](=O)[O-]. The highest BCUT2D eigenvalue weighted by molar-refractivity contribution is 5.95. The van der Waals surface area contributed by atoms with Gasteiger partial charge in [0, 0.05) is 13.2 Å².